The number of amides is 1. The first-order valence-electron chi connectivity index (χ1n) is 7.44. The number of nitrogens with zero attached hydrogens (tertiary/aromatic N) is 2. The van der Waals surface area contributed by atoms with E-state index < -0.39 is 23.2 Å². The van der Waals surface area contributed by atoms with Gasteiger partial charge in [-0.2, -0.15) is 0 Å². The number of nitrogens with one attached hydrogen (secondary N) is 2. The summed E-state index contributed by atoms with van der Waals surface area (Å²) in [6.07, 6.45) is 1.20. The van der Waals surface area contributed by atoms with Gasteiger partial charge in [0.1, 0.15) is 35.2 Å². The summed E-state index contributed by atoms with van der Waals surface area (Å²) in [7, 11) is 0. The Morgan fingerprint density at radius 1 is 1.00 bits per heavy atom. The van der Waals surface area contributed by atoms with E-state index in [1.807, 2.05) is 31.2 Å². The number of carbonyl (C=O) groups excluding carboxylic acids is 1. The maximum atomic E-state index is 13.6. The van der Waals surface area contributed by atoms with Crippen molar-refractivity contribution in [2.24, 2.45) is 0 Å². The number of carbonyl (C=O) groups is 1. The zero-order valence-electron chi connectivity index (χ0n) is 13.3. The highest BCUT2D eigenvalue weighted by Crippen LogP contribution is 2.20. The molecule has 0 saturated heterocycles. The first-order valence-corrected chi connectivity index (χ1v) is 7.44. The van der Waals surface area contributed by atoms with Gasteiger partial charge in [0.2, 0.25) is 0 Å². The van der Waals surface area contributed by atoms with Crippen LogP contribution in [0, 0.1) is 18.6 Å². The lowest BCUT2D eigenvalue weighted by atomic mass is 10.2. The third-order valence-corrected chi connectivity index (χ3v) is 3.39. The van der Waals surface area contributed by atoms with Crippen LogP contribution in [0.5, 0.6) is 0 Å². The molecule has 1 aromatic heterocycles. The quantitative estimate of drug-likeness (QED) is 0.752. The zero-order chi connectivity index (χ0) is 17.8. The minimum Gasteiger partial charge on any atom is -0.340 e. The first kappa shape index (κ1) is 16.5. The second kappa shape index (κ2) is 7.04. The van der Waals surface area contributed by atoms with Crippen molar-refractivity contribution in [2.75, 3.05) is 10.6 Å². The van der Waals surface area contributed by atoms with Crippen LogP contribution in [0.4, 0.5) is 26.0 Å². The molecule has 2 aromatic carbocycles. The first-order chi connectivity index (χ1) is 12.0. The van der Waals surface area contributed by atoms with Crippen molar-refractivity contribution in [3.63, 3.8) is 0 Å². The Bertz CT molecular complexity index is 910. The maximum Gasteiger partial charge on any atom is 0.274 e. The standard InChI is InChI=1S/C18H14F2N4O/c1-11-4-2-5-12(8-11)23-16-9-15(21-10-22-16)18(25)24-17-13(19)6-3-7-14(17)20/h2-10H,1H3,(H,24,25)(H,21,22,23). The van der Waals surface area contributed by atoms with Crippen molar-refractivity contribution in [1.82, 2.24) is 9.97 Å². The Labute approximate surface area is 142 Å². The van der Waals surface area contributed by atoms with Gasteiger partial charge in [-0.25, -0.2) is 18.7 Å². The average Bonchev–Trinajstić information content (AvgIpc) is 2.58. The molecule has 1 heterocycles. The van der Waals surface area contributed by atoms with Gasteiger partial charge in [0.05, 0.1) is 0 Å². The summed E-state index contributed by atoms with van der Waals surface area (Å²) < 4.78 is 27.3. The van der Waals surface area contributed by atoms with Crippen LogP contribution in [-0.2, 0) is 0 Å². The third-order valence-electron chi connectivity index (χ3n) is 3.39. The number of hydrogen-bond donors (Lipinski definition) is 2. The fourth-order valence-electron chi connectivity index (χ4n) is 2.22. The summed E-state index contributed by atoms with van der Waals surface area (Å²) in [6, 6.07) is 12.3. The van der Waals surface area contributed by atoms with Crippen molar-refractivity contribution >= 4 is 23.1 Å². The van der Waals surface area contributed by atoms with Crippen LogP contribution < -0.4 is 10.6 Å². The zero-order valence-corrected chi connectivity index (χ0v) is 13.3. The van der Waals surface area contributed by atoms with E-state index in [9.17, 15) is 13.6 Å². The van der Waals surface area contributed by atoms with Gasteiger partial charge in [-0.05, 0) is 36.8 Å². The molecule has 0 fully saturated rings. The lowest BCUT2D eigenvalue weighted by molar-refractivity contribution is 0.102. The third kappa shape index (κ3) is 3.95. The predicted molar refractivity (Wildman–Crippen MR) is 90.8 cm³/mol. The summed E-state index contributed by atoms with van der Waals surface area (Å²) >= 11 is 0. The fourth-order valence-corrected chi connectivity index (χ4v) is 2.22. The number of benzene rings is 2. The van der Waals surface area contributed by atoms with Crippen molar-refractivity contribution in [3.05, 3.63) is 77.8 Å². The highest BCUT2D eigenvalue weighted by atomic mass is 19.1. The minimum absolute atomic E-state index is 0.0205. The molecule has 25 heavy (non-hydrogen) atoms. The van der Waals surface area contributed by atoms with Gasteiger partial charge in [0.15, 0.2) is 0 Å². The maximum absolute atomic E-state index is 13.6. The Morgan fingerprint density at radius 3 is 2.44 bits per heavy atom. The number of anilines is 3. The van der Waals surface area contributed by atoms with E-state index >= 15 is 0 Å². The second-order valence-electron chi connectivity index (χ2n) is 5.33. The molecule has 126 valence electrons. The highest BCUT2D eigenvalue weighted by molar-refractivity contribution is 6.03. The summed E-state index contributed by atoms with van der Waals surface area (Å²) in [6.45, 7) is 1.95. The van der Waals surface area contributed by atoms with Crippen LogP contribution in [0.3, 0.4) is 0 Å². The van der Waals surface area contributed by atoms with Crippen molar-refractivity contribution < 1.29 is 13.6 Å². The predicted octanol–water partition coefficient (Wildman–Crippen LogP) is 4.06. The average molecular weight is 340 g/mol. The van der Waals surface area contributed by atoms with E-state index in [4.69, 9.17) is 0 Å². The van der Waals surface area contributed by atoms with Crippen LogP contribution >= 0.6 is 0 Å². The minimum atomic E-state index is -0.861. The smallest absolute Gasteiger partial charge is 0.274 e. The SMILES string of the molecule is Cc1cccc(Nc2cc(C(=O)Nc3c(F)cccc3F)ncn2)c1. The summed E-state index contributed by atoms with van der Waals surface area (Å²) in [5.74, 6) is -2.07. The van der Waals surface area contributed by atoms with E-state index in [1.165, 1.54) is 18.5 Å². The Hall–Kier alpha value is -3.35. The molecule has 7 heteroatoms. The van der Waals surface area contributed by atoms with Crippen LogP contribution in [0.25, 0.3) is 0 Å². The van der Waals surface area contributed by atoms with Gasteiger partial charge >= 0.3 is 0 Å². The van der Waals surface area contributed by atoms with Crippen molar-refractivity contribution in [1.29, 1.82) is 0 Å². The number of hydrogen-bond acceptors (Lipinski definition) is 4. The van der Waals surface area contributed by atoms with Crippen LogP contribution in [-0.4, -0.2) is 15.9 Å². The Balaban J connectivity index is 1.80. The van der Waals surface area contributed by atoms with Crippen molar-refractivity contribution in [2.45, 2.75) is 6.92 Å². The fraction of sp³-hybridized carbons (Fsp3) is 0.0556. The molecule has 0 radical (unpaired) electrons. The van der Waals surface area contributed by atoms with Crippen LogP contribution in [0.2, 0.25) is 0 Å². The Morgan fingerprint density at radius 2 is 1.72 bits per heavy atom. The largest absolute Gasteiger partial charge is 0.340 e. The molecular formula is C18H14F2N4O. The van der Waals surface area contributed by atoms with E-state index in [0.717, 1.165) is 23.4 Å². The molecule has 0 aliphatic heterocycles. The second-order valence-corrected chi connectivity index (χ2v) is 5.33. The normalized spacial score (nSPS) is 10.4. The lowest BCUT2D eigenvalue weighted by Crippen LogP contribution is -2.16. The van der Waals surface area contributed by atoms with Gasteiger partial charge in [0.25, 0.3) is 5.91 Å². The number of para-hydroxylation sites is 1. The van der Waals surface area contributed by atoms with Crippen molar-refractivity contribution in [3.8, 4) is 0 Å². The number of aryl methyl sites for hydroxylation is 1. The van der Waals surface area contributed by atoms with E-state index in [-0.39, 0.29) is 5.69 Å². The van der Waals surface area contributed by atoms with Crippen LogP contribution in [0.15, 0.2) is 54.9 Å². The van der Waals surface area contributed by atoms with E-state index in [2.05, 4.69) is 20.6 Å². The molecule has 0 bridgehead atoms. The molecular weight excluding hydrogens is 326 g/mol. The van der Waals surface area contributed by atoms with Crippen LogP contribution in [0.1, 0.15) is 16.1 Å². The van der Waals surface area contributed by atoms with Gasteiger partial charge in [-0.1, -0.05) is 18.2 Å². The van der Waals surface area contributed by atoms with E-state index in [0.29, 0.717) is 5.82 Å². The molecule has 0 unspecified atom stereocenters. The van der Waals surface area contributed by atoms with Gasteiger partial charge in [-0.3, -0.25) is 4.79 Å². The molecule has 0 saturated carbocycles. The molecule has 5 nitrogen and oxygen atoms in total. The Kier molecular flexibility index (Phi) is 4.65. The molecule has 0 spiro atoms. The highest BCUT2D eigenvalue weighted by Gasteiger charge is 2.15. The molecule has 3 rings (SSSR count). The number of rotatable bonds is 4. The number of aromatic nitrogens is 2. The van der Waals surface area contributed by atoms with Gasteiger partial charge in [-0.15, -0.1) is 0 Å². The summed E-state index contributed by atoms with van der Waals surface area (Å²) in [5, 5.41) is 5.24. The number of halogens is 2. The molecule has 1 amide bonds. The molecule has 2 N–H and O–H groups in total. The molecule has 0 aliphatic rings. The van der Waals surface area contributed by atoms with E-state index in [1.54, 1.807) is 0 Å². The lowest BCUT2D eigenvalue weighted by Gasteiger charge is -2.09. The molecule has 0 aliphatic carbocycles. The van der Waals surface area contributed by atoms with Gasteiger partial charge in [0, 0.05) is 11.8 Å². The summed E-state index contributed by atoms with van der Waals surface area (Å²) in [5.41, 5.74) is 1.32. The van der Waals surface area contributed by atoms with Gasteiger partial charge < -0.3 is 10.6 Å². The summed E-state index contributed by atoms with van der Waals surface area (Å²) in [4.78, 5) is 20.1. The molecule has 0 atom stereocenters. The molecule has 3 aromatic rings. The topological polar surface area (TPSA) is 66.9 Å². The monoisotopic (exact) mass is 340 g/mol.